The number of halogens is 1. The summed E-state index contributed by atoms with van der Waals surface area (Å²) >= 11 is 6.24. The third kappa shape index (κ3) is 7.92. The van der Waals surface area contributed by atoms with Gasteiger partial charge < -0.3 is 15.0 Å². The van der Waals surface area contributed by atoms with Crippen LogP contribution in [0.15, 0.2) is 48.5 Å². The maximum atomic E-state index is 11.6. The summed E-state index contributed by atoms with van der Waals surface area (Å²) in [6.45, 7) is 0.655. The molecule has 0 atom stereocenters. The van der Waals surface area contributed by atoms with Gasteiger partial charge in [0.25, 0.3) is 0 Å². The summed E-state index contributed by atoms with van der Waals surface area (Å²) in [5.41, 5.74) is 2.07. The molecule has 2 aromatic rings. The van der Waals surface area contributed by atoms with Crippen molar-refractivity contribution in [2.75, 3.05) is 26.0 Å². The number of nitrogens with zero attached hydrogens (tertiary/aromatic N) is 1. The number of urea groups is 1. The van der Waals surface area contributed by atoms with Crippen molar-refractivity contribution in [3.63, 3.8) is 0 Å². The molecule has 0 unspecified atom stereocenters. The van der Waals surface area contributed by atoms with Gasteiger partial charge in [0.05, 0.1) is 11.6 Å². The highest BCUT2D eigenvalue weighted by atomic mass is 35.5. The average molecular weight is 389 g/mol. The zero-order chi connectivity index (χ0) is 19.5. The van der Waals surface area contributed by atoms with Crippen molar-refractivity contribution in [2.24, 2.45) is 0 Å². The quantitative estimate of drug-likeness (QED) is 0.506. The third-order valence-corrected chi connectivity index (χ3v) is 4.59. The van der Waals surface area contributed by atoms with Gasteiger partial charge in [0.15, 0.2) is 0 Å². The Hall–Kier alpha value is -2.20. The number of rotatable bonds is 10. The van der Waals surface area contributed by atoms with E-state index in [1.165, 1.54) is 29.7 Å². The Bertz CT molecular complexity index is 705. The average Bonchev–Trinajstić information content (AvgIpc) is 2.66. The molecule has 0 aliphatic heterocycles. The maximum absolute atomic E-state index is 11.6. The Morgan fingerprint density at radius 3 is 2.41 bits per heavy atom. The number of aryl methyl sites for hydroxylation is 1. The van der Waals surface area contributed by atoms with Crippen molar-refractivity contribution in [3.05, 3.63) is 59.1 Å². The van der Waals surface area contributed by atoms with E-state index in [2.05, 4.69) is 35.6 Å². The molecule has 2 amide bonds. The second kappa shape index (κ2) is 11.5. The smallest absolute Gasteiger partial charge is 0.321 e. The lowest BCUT2D eigenvalue weighted by Crippen LogP contribution is -2.27. The summed E-state index contributed by atoms with van der Waals surface area (Å²) in [4.78, 5) is 13.1. The van der Waals surface area contributed by atoms with Gasteiger partial charge in [-0.25, -0.2) is 4.79 Å². The predicted octanol–water partition coefficient (Wildman–Crippen LogP) is 6.01. The van der Waals surface area contributed by atoms with Crippen molar-refractivity contribution in [3.8, 4) is 5.75 Å². The normalized spacial score (nSPS) is 10.5. The first-order valence-electron chi connectivity index (χ1n) is 9.51. The van der Waals surface area contributed by atoms with Crippen LogP contribution in [0, 0.1) is 0 Å². The standard InChI is InChI=1S/C22H29ClN2O2/c1-25(2)22(26)24-19-14-15-21(20(23)17-19)27-16-10-5-3-4-7-11-18-12-8-6-9-13-18/h6,8-9,12-15,17H,3-5,7,10-11,16H2,1-2H3,(H,24,26). The zero-order valence-electron chi connectivity index (χ0n) is 16.2. The summed E-state index contributed by atoms with van der Waals surface area (Å²) in [6.07, 6.45) is 7.03. The molecule has 0 aliphatic carbocycles. The van der Waals surface area contributed by atoms with Gasteiger partial charge in [-0.05, 0) is 43.0 Å². The number of hydrogen-bond donors (Lipinski definition) is 1. The SMILES string of the molecule is CN(C)C(=O)Nc1ccc(OCCCCCCCc2ccccc2)c(Cl)c1. The fourth-order valence-electron chi connectivity index (χ4n) is 2.72. The lowest BCUT2D eigenvalue weighted by atomic mass is 10.1. The molecule has 0 saturated heterocycles. The van der Waals surface area contributed by atoms with Gasteiger partial charge in [0, 0.05) is 19.8 Å². The first-order valence-corrected chi connectivity index (χ1v) is 9.88. The second-order valence-electron chi connectivity index (χ2n) is 6.82. The Morgan fingerprint density at radius 2 is 1.70 bits per heavy atom. The van der Waals surface area contributed by atoms with Crippen LogP contribution < -0.4 is 10.1 Å². The molecule has 2 aromatic carbocycles. The Morgan fingerprint density at radius 1 is 1.00 bits per heavy atom. The fraction of sp³-hybridized carbons (Fsp3) is 0.409. The fourth-order valence-corrected chi connectivity index (χ4v) is 2.95. The number of carbonyl (C=O) groups is 1. The van der Waals surface area contributed by atoms with E-state index >= 15 is 0 Å². The van der Waals surface area contributed by atoms with Crippen molar-refractivity contribution >= 4 is 23.3 Å². The molecule has 0 fully saturated rings. The highest BCUT2D eigenvalue weighted by molar-refractivity contribution is 6.32. The molecule has 0 radical (unpaired) electrons. The molecule has 4 nitrogen and oxygen atoms in total. The minimum atomic E-state index is -0.188. The van der Waals surface area contributed by atoms with Crippen LogP contribution in [0.3, 0.4) is 0 Å². The molecule has 0 heterocycles. The highest BCUT2D eigenvalue weighted by Crippen LogP contribution is 2.28. The van der Waals surface area contributed by atoms with E-state index in [0.717, 1.165) is 19.3 Å². The lowest BCUT2D eigenvalue weighted by molar-refractivity contribution is 0.230. The third-order valence-electron chi connectivity index (χ3n) is 4.30. The Labute approximate surface area is 167 Å². The van der Waals surface area contributed by atoms with Crippen molar-refractivity contribution < 1.29 is 9.53 Å². The molecular formula is C22H29ClN2O2. The molecule has 0 aromatic heterocycles. The molecular weight excluding hydrogens is 360 g/mol. The van der Waals surface area contributed by atoms with Crippen LogP contribution in [0.2, 0.25) is 5.02 Å². The minimum Gasteiger partial charge on any atom is -0.492 e. The molecule has 146 valence electrons. The first kappa shape index (κ1) is 21.1. The van der Waals surface area contributed by atoms with Crippen LogP contribution in [0.1, 0.15) is 37.7 Å². The maximum Gasteiger partial charge on any atom is 0.321 e. The van der Waals surface area contributed by atoms with Crippen LogP contribution in [0.5, 0.6) is 5.75 Å². The number of benzene rings is 2. The molecule has 5 heteroatoms. The van der Waals surface area contributed by atoms with E-state index in [1.54, 1.807) is 32.3 Å². The number of carbonyl (C=O) groups excluding carboxylic acids is 1. The molecule has 27 heavy (non-hydrogen) atoms. The van der Waals surface area contributed by atoms with Gasteiger partial charge in [-0.2, -0.15) is 0 Å². The van der Waals surface area contributed by atoms with E-state index in [4.69, 9.17) is 16.3 Å². The predicted molar refractivity (Wildman–Crippen MR) is 113 cm³/mol. The largest absolute Gasteiger partial charge is 0.492 e. The van der Waals surface area contributed by atoms with Crippen LogP contribution in [-0.4, -0.2) is 31.6 Å². The second-order valence-corrected chi connectivity index (χ2v) is 7.23. The van der Waals surface area contributed by atoms with Gasteiger partial charge in [0.1, 0.15) is 5.75 Å². The van der Waals surface area contributed by atoms with Crippen LogP contribution in [0.25, 0.3) is 0 Å². The monoisotopic (exact) mass is 388 g/mol. The first-order chi connectivity index (χ1) is 13.1. The van der Waals surface area contributed by atoms with E-state index in [1.807, 2.05) is 0 Å². The number of hydrogen-bond acceptors (Lipinski definition) is 2. The topological polar surface area (TPSA) is 41.6 Å². The number of nitrogens with one attached hydrogen (secondary N) is 1. The molecule has 0 aliphatic rings. The van der Waals surface area contributed by atoms with Gasteiger partial charge in [-0.3, -0.25) is 0 Å². The summed E-state index contributed by atoms with van der Waals surface area (Å²) in [7, 11) is 3.38. The number of unbranched alkanes of at least 4 members (excludes halogenated alkanes) is 4. The Balaban J connectivity index is 1.59. The van der Waals surface area contributed by atoms with Crippen LogP contribution in [-0.2, 0) is 6.42 Å². The summed E-state index contributed by atoms with van der Waals surface area (Å²) < 4.78 is 5.77. The number of anilines is 1. The van der Waals surface area contributed by atoms with E-state index < -0.39 is 0 Å². The summed E-state index contributed by atoms with van der Waals surface area (Å²) in [6, 6.07) is 15.8. The van der Waals surface area contributed by atoms with Gasteiger partial charge >= 0.3 is 6.03 Å². The number of ether oxygens (including phenoxy) is 1. The van der Waals surface area contributed by atoms with Crippen molar-refractivity contribution in [2.45, 2.75) is 38.5 Å². The van der Waals surface area contributed by atoms with E-state index in [9.17, 15) is 4.79 Å². The molecule has 2 rings (SSSR count). The zero-order valence-corrected chi connectivity index (χ0v) is 17.0. The molecule has 0 saturated carbocycles. The summed E-state index contributed by atoms with van der Waals surface area (Å²) in [5.74, 6) is 0.656. The lowest BCUT2D eigenvalue weighted by Gasteiger charge is -2.13. The molecule has 1 N–H and O–H groups in total. The van der Waals surface area contributed by atoms with Crippen LogP contribution in [0.4, 0.5) is 10.5 Å². The van der Waals surface area contributed by atoms with Gasteiger partial charge in [-0.1, -0.05) is 61.2 Å². The van der Waals surface area contributed by atoms with E-state index in [0.29, 0.717) is 23.1 Å². The van der Waals surface area contributed by atoms with Crippen LogP contribution >= 0.6 is 11.6 Å². The number of amides is 2. The Kier molecular flexibility index (Phi) is 8.99. The molecule has 0 spiro atoms. The van der Waals surface area contributed by atoms with Crippen molar-refractivity contribution in [1.29, 1.82) is 0 Å². The summed E-state index contributed by atoms with van der Waals surface area (Å²) in [5, 5.41) is 3.27. The highest BCUT2D eigenvalue weighted by Gasteiger charge is 2.07. The van der Waals surface area contributed by atoms with Crippen molar-refractivity contribution in [1.82, 2.24) is 4.90 Å². The van der Waals surface area contributed by atoms with Gasteiger partial charge in [0.2, 0.25) is 0 Å². The van der Waals surface area contributed by atoms with E-state index in [-0.39, 0.29) is 6.03 Å². The minimum absolute atomic E-state index is 0.188. The van der Waals surface area contributed by atoms with Gasteiger partial charge in [-0.15, -0.1) is 0 Å². The molecule has 0 bridgehead atoms.